The zero-order chi connectivity index (χ0) is 23.7. The quantitative estimate of drug-likeness (QED) is 0.167. The molecule has 0 unspecified atom stereocenters. The van der Waals surface area contributed by atoms with Crippen LogP contribution in [-0.4, -0.2) is 27.8 Å². The van der Waals surface area contributed by atoms with E-state index in [0.29, 0.717) is 11.4 Å². The monoisotopic (exact) mass is 640 g/mol. The molecule has 33 heavy (non-hydrogen) atoms. The van der Waals surface area contributed by atoms with Crippen molar-refractivity contribution in [2.24, 2.45) is 4.99 Å². The third kappa shape index (κ3) is 5.87. The number of aromatic nitrogens is 2. The van der Waals surface area contributed by atoms with Crippen LogP contribution in [0, 0.1) is 23.1 Å². The van der Waals surface area contributed by atoms with Crippen molar-refractivity contribution in [3.05, 3.63) is 89.0 Å². The first-order valence-electron chi connectivity index (χ1n) is 9.18. The van der Waals surface area contributed by atoms with Crippen molar-refractivity contribution < 1.29 is 43.0 Å². The Balaban J connectivity index is 0.00000385. The van der Waals surface area contributed by atoms with Crippen LogP contribution in [0.4, 0.5) is 22.0 Å². The molecule has 0 spiro atoms. The van der Waals surface area contributed by atoms with E-state index in [4.69, 9.17) is 11.1 Å². The molecule has 0 saturated heterocycles. The number of rotatable bonds is 4. The average molecular weight is 640 g/mol. The summed E-state index contributed by atoms with van der Waals surface area (Å²) in [6.45, 7) is 3.49. The van der Waals surface area contributed by atoms with Gasteiger partial charge in [-0.3, -0.25) is 13.8 Å². The maximum atomic E-state index is 14.2. The largest absolute Gasteiger partial charge is 2.00 e. The Labute approximate surface area is 200 Å². The van der Waals surface area contributed by atoms with Crippen LogP contribution in [0.3, 0.4) is 0 Å². The number of nitrogens with one attached hydrogen (secondary N) is 2. The summed E-state index contributed by atoms with van der Waals surface area (Å²) in [5.41, 5.74) is 7.72. The molecule has 0 fully saturated rings. The van der Waals surface area contributed by atoms with Crippen LogP contribution in [0.15, 0.2) is 53.5 Å². The molecule has 0 aliphatic rings. The van der Waals surface area contributed by atoms with Crippen LogP contribution in [0.25, 0.3) is 17.0 Å². The molecule has 0 saturated carbocycles. The molecule has 0 bridgehead atoms. The van der Waals surface area contributed by atoms with Crippen LogP contribution in [-0.2, 0) is 26.5 Å². The van der Waals surface area contributed by atoms with Gasteiger partial charge in [0.1, 0.15) is 5.84 Å². The number of amidine groups is 2. The second-order valence-corrected chi connectivity index (χ2v) is 7.29. The molecule has 3 rings (SSSR count). The molecule has 2 N–H and O–H groups in total. The second kappa shape index (κ2) is 9.87. The fourth-order valence-corrected chi connectivity index (χ4v) is 2.84. The fourth-order valence-electron chi connectivity index (χ4n) is 2.84. The van der Waals surface area contributed by atoms with Gasteiger partial charge in [0, 0.05) is 22.7 Å². The molecule has 174 valence electrons. The van der Waals surface area contributed by atoms with Gasteiger partial charge in [0.05, 0.1) is 11.4 Å². The normalized spacial score (nSPS) is 12.3. The van der Waals surface area contributed by atoms with E-state index >= 15 is 0 Å². The maximum absolute atomic E-state index is 14.2. The fraction of sp³-hybridized carbons (Fsp3) is 0.182. The molecule has 11 heteroatoms. The summed E-state index contributed by atoms with van der Waals surface area (Å²) in [4.78, 5) is 11.6. The number of halogens is 5. The molecule has 0 radical (unpaired) electrons. The van der Waals surface area contributed by atoms with E-state index in [1.165, 1.54) is 18.2 Å². The summed E-state index contributed by atoms with van der Waals surface area (Å²) < 4.78 is 65.0. The number of hydrogen-bond acceptors (Lipinski definition) is 3. The van der Waals surface area contributed by atoms with Gasteiger partial charge in [-0.25, -0.2) is 0 Å². The van der Waals surface area contributed by atoms with Crippen molar-refractivity contribution in [2.75, 3.05) is 0 Å². The molecule has 2 aromatic heterocycles. The van der Waals surface area contributed by atoms with Crippen LogP contribution in [0.5, 0.6) is 0 Å². The predicted octanol–water partition coefficient (Wildman–Crippen LogP) is 5.88. The van der Waals surface area contributed by atoms with Crippen LogP contribution < -0.4 is 0 Å². The molecular formula is C22H16F5N5Pt. The van der Waals surface area contributed by atoms with Gasteiger partial charge in [0.2, 0.25) is 0 Å². The maximum Gasteiger partial charge on any atom is 2.00 e. The van der Waals surface area contributed by atoms with Crippen molar-refractivity contribution in [3.63, 3.8) is 0 Å². The predicted molar refractivity (Wildman–Crippen MR) is 109 cm³/mol. The minimum atomic E-state index is -4.97. The Morgan fingerprint density at radius 3 is 2.24 bits per heavy atom. The summed E-state index contributed by atoms with van der Waals surface area (Å²) in [6, 6.07) is 13.5. The van der Waals surface area contributed by atoms with Gasteiger partial charge in [-0.15, -0.1) is 12.1 Å². The first-order valence-corrected chi connectivity index (χ1v) is 9.18. The Bertz CT molecular complexity index is 1210. The van der Waals surface area contributed by atoms with E-state index in [1.54, 1.807) is 32.0 Å². The standard InChI is InChI=1S/C22H16F5N5.Pt/c1-21(2,17-7-3-5-15(30-17)13-10-9-12(23)11-14(13)24)18-8-4-6-16(31-18)19(28)32-20(29)22(25,26)27;/h3-9,11H,1-2H3,(H2-,28,29,32);/q-2;+2. The molecule has 0 amide bonds. The average Bonchev–Trinajstić information content (AvgIpc) is 2.73. The zero-order valence-electron chi connectivity index (χ0n) is 17.2. The van der Waals surface area contributed by atoms with Crippen molar-refractivity contribution in [1.29, 1.82) is 5.41 Å². The number of aliphatic imine (C=N–C) groups is 1. The number of benzene rings is 1. The number of pyridine rings is 2. The van der Waals surface area contributed by atoms with Crippen LogP contribution >= 0.6 is 0 Å². The van der Waals surface area contributed by atoms with Crippen LogP contribution in [0.2, 0.25) is 0 Å². The van der Waals surface area contributed by atoms with Gasteiger partial charge in [-0.2, -0.15) is 13.2 Å². The first kappa shape index (κ1) is 26.3. The van der Waals surface area contributed by atoms with Gasteiger partial charge >= 0.3 is 27.2 Å². The Morgan fingerprint density at radius 1 is 1.03 bits per heavy atom. The first-order chi connectivity index (χ1) is 14.9. The molecular weight excluding hydrogens is 624 g/mol. The topological polar surface area (TPSA) is 85.8 Å². The molecule has 0 aliphatic heterocycles. The minimum Gasteiger partial charge on any atom is -0.480 e. The van der Waals surface area contributed by atoms with E-state index < -0.39 is 34.9 Å². The van der Waals surface area contributed by atoms with Gasteiger partial charge in [0.15, 0.2) is 0 Å². The molecule has 5 nitrogen and oxygen atoms in total. The summed E-state index contributed by atoms with van der Waals surface area (Å²) in [7, 11) is 0. The van der Waals surface area contributed by atoms with Gasteiger partial charge in [-0.05, 0) is 43.6 Å². The summed E-state index contributed by atoms with van der Waals surface area (Å²) in [6.07, 6.45) is -4.97. The van der Waals surface area contributed by atoms with Crippen molar-refractivity contribution in [2.45, 2.75) is 25.4 Å². The van der Waals surface area contributed by atoms with Crippen molar-refractivity contribution >= 4 is 11.7 Å². The van der Waals surface area contributed by atoms with Crippen molar-refractivity contribution in [1.82, 2.24) is 9.97 Å². The van der Waals surface area contributed by atoms with E-state index in [2.05, 4.69) is 21.0 Å². The van der Waals surface area contributed by atoms with E-state index in [0.717, 1.165) is 12.1 Å². The van der Waals surface area contributed by atoms with Gasteiger partial charge < -0.3 is 21.1 Å². The molecule has 0 aliphatic carbocycles. The number of nitrogens with zero attached hydrogens (tertiary/aromatic N) is 3. The van der Waals surface area contributed by atoms with Gasteiger partial charge in [0.25, 0.3) is 0 Å². The third-order valence-electron chi connectivity index (χ3n) is 4.63. The summed E-state index contributed by atoms with van der Waals surface area (Å²) in [5.74, 6) is -4.31. The Kier molecular flexibility index (Phi) is 7.85. The SMILES string of the molecule is CC(C)(c1cccc(C([NH-])=NC(=N)C(F)(F)F)n1)c1cccc(-c2[c-]cc(F)cc2F)n1.[Pt+2]. The van der Waals surface area contributed by atoms with Crippen LogP contribution in [0.1, 0.15) is 30.9 Å². The Morgan fingerprint density at radius 2 is 1.64 bits per heavy atom. The molecule has 1 aromatic carbocycles. The summed E-state index contributed by atoms with van der Waals surface area (Å²) in [5, 5.41) is 6.94. The third-order valence-corrected chi connectivity index (χ3v) is 4.63. The van der Waals surface area contributed by atoms with E-state index in [-0.39, 0.29) is 38.0 Å². The number of hydrogen-bond donors (Lipinski definition) is 1. The molecule has 0 atom stereocenters. The van der Waals surface area contributed by atoms with E-state index in [9.17, 15) is 22.0 Å². The minimum absolute atomic E-state index is 0. The summed E-state index contributed by atoms with van der Waals surface area (Å²) >= 11 is 0. The smallest absolute Gasteiger partial charge is 0.480 e. The van der Waals surface area contributed by atoms with Gasteiger partial charge in [-0.1, -0.05) is 29.8 Å². The second-order valence-electron chi connectivity index (χ2n) is 7.29. The Hall–Kier alpha value is -3.00. The zero-order valence-corrected chi connectivity index (χ0v) is 19.4. The molecule has 3 aromatic rings. The van der Waals surface area contributed by atoms with E-state index in [1.807, 2.05) is 0 Å². The number of alkyl halides is 3. The molecule has 2 heterocycles. The van der Waals surface area contributed by atoms with Crippen molar-refractivity contribution in [3.8, 4) is 11.3 Å².